The molecule has 0 spiro atoms. The van der Waals surface area contributed by atoms with Gasteiger partial charge in [-0.1, -0.05) is 66.2 Å². The Kier molecular flexibility index (Phi) is 7.72. The van der Waals surface area contributed by atoms with Gasteiger partial charge in [-0.25, -0.2) is 0 Å². The topological polar surface area (TPSA) is 55.8 Å². The number of nitrogens with zero attached hydrogens (tertiary/aromatic N) is 1. The maximum Gasteiger partial charge on any atom is 0.293 e. The summed E-state index contributed by atoms with van der Waals surface area (Å²) in [7, 11) is 0. The summed E-state index contributed by atoms with van der Waals surface area (Å²) in [6.45, 7) is 4.69. The first-order chi connectivity index (χ1) is 18.4. The van der Waals surface area contributed by atoms with E-state index in [9.17, 15) is 9.59 Å². The molecular formula is C31H26ClNO4S. The highest BCUT2D eigenvalue weighted by Crippen LogP contribution is 2.37. The number of thioether (sulfide) groups is 1. The van der Waals surface area contributed by atoms with E-state index in [1.165, 1.54) is 4.90 Å². The molecule has 0 saturated carbocycles. The average Bonchev–Trinajstić information content (AvgIpc) is 3.18. The molecule has 0 bridgehead atoms. The van der Waals surface area contributed by atoms with Crippen molar-refractivity contribution in [3.63, 3.8) is 0 Å². The van der Waals surface area contributed by atoms with E-state index in [1.54, 1.807) is 6.08 Å². The van der Waals surface area contributed by atoms with Gasteiger partial charge in [0.05, 0.1) is 11.4 Å². The molecule has 2 amide bonds. The third-order valence-corrected chi connectivity index (χ3v) is 7.46. The van der Waals surface area contributed by atoms with Gasteiger partial charge in [0, 0.05) is 10.6 Å². The predicted molar refractivity (Wildman–Crippen MR) is 154 cm³/mol. The Balaban J connectivity index is 1.37. The largest absolute Gasteiger partial charge is 0.491 e. The van der Waals surface area contributed by atoms with E-state index < -0.39 is 0 Å². The van der Waals surface area contributed by atoms with E-state index in [1.807, 2.05) is 92.7 Å². The molecule has 0 aromatic heterocycles. The molecule has 38 heavy (non-hydrogen) atoms. The van der Waals surface area contributed by atoms with Crippen molar-refractivity contribution in [1.29, 1.82) is 0 Å². The highest BCUT2D eigenvalue weighted by atomic mass is 35.5. The van der Waals surface area contributed by atoms with Crippen molar-refractivity contribution in [3.8, 4) is 11.5 Å². The number of hydrogen-bond acceptors (Lipinski definition) is 5. The lowest BCUT2D eigenvalue weighted by Gasteiger charge is -2.15. The smallest absolute Gasteiger partial charge is 0.293 e. The normalized spacial score (nSPS) is 14.5. The van der Waals surface area contributed by atoms with Gasteiger partial charge in [-0.15, -0.1) is 0 Å². The van der Waals surface area contributed by atoms with Crippen LogP contribution >= 0.6 is 23.4 Å². The third kappa shape index (κ3) is 5.72. The van der Waals surface area contributed by atoms with Crippen molar-refractivity contribution in [2.45, 2.75) is 20.5 Å². The second kappa shape index (κ2) is 11.3. The van der Waals surface area contributed by atoms with Crippen molar-refractivity contribution in [1.82, 2.24) is 4.90 Å². The van der Waals surface area contributed by atoms with Crippen LogP contribution in [0.15, 0.2) is 83.8 Å². The number of fused-ring (bicyclic) bond motifs is 1. The molecule has 0 atom stereocenters. The lowest BCUT2D eigenvalue weighted by molar-refractivity contribution is -0.123. The molecule has 4 aromatic carbocycles. The van der Waals surface area contributed by atoms with Gasteiger partial charge in [-0.2, -0.15) is 0 Å². The fourth-order valence-corrected chi connectivity index (χ4v) is 5.20. The van der Waals surface area contributed by atoms with Gasteiger partial charge in [0.1, 0.15) is 24.7 Å². The summed E-state index contributed by atoms with van der Waals surface area (Å²) < 4.78 is 12.1. The molecule has 7 heteroatoms. The highest BCUT2D eigenvalue weighted by Gasteiger charge is 2.35. The van der Waals surface area contributed by atoms with Crippen molar-refractivity contribution in [2.75, 3.05) is 13.2 Å². The van der Waals surface area contributed by atoms with E-state index in [4.69, 9.17) is 21.1 Å². The Hall–Kier alpha value is -3.74. The standard InChI is InChI=1S/C31H26ClNO4S/c1-20-7-8-21(2)28(17-20)36-16-15-33-30(34)29(38-31(33)35)18-26-25-6-4-3-5-23(25)11-14-27(26)37-19-22-9-12-24(32)13-10-22/h3-14,17-18H,15-16,19H2,1-2H3/b29-18-. The summed E-state index contributed by atoms with van der Waals surface area (Å²) in [6, 6.07) is 25.2. The van der Waals surface area contributed by atoms with E-state index >= 15 is 0 Å². The molecule has 4 aromatic rings. The average molecular weight is 544 g/mol. The number of ether oxygens (including phenoxy) is 2. The Morgan fingerprint density at radius 3 is 2.50 bits per heavy atom. The molecule has 1 aliphatic rings. The molecule has 192 valence electrons. The van der Waals surface area contributed by atoms with Crippen LogP contribution in [0.25, 0.3) is 16.8 Å². The van der Waals surface area contributed by atoms with Gasteiger partial charge in [0.25, 0.3) is 11.1 Å². The molecule has 0 unspecified atom stereocenters. The number of carbonyl (C=O) groups is 2. The van der Waals surface area contributed by atoms with Crippen molar-refractivity contribution in [2.24, 2.45) is 0 Å². The summed E-state index contributed by atoms with van der Waals surface area (Å²) in [5, 5.41) is 2.30. The number of carbonyl (C=O) groups excluding carboxylic acids is 2. The molecule has 1 heterocycles. The van der Waals surface area contributed by atoms with E-state index in [0.717, 1.165) is 50.5 Å². The summed E-state index contributed by atoms with van der Waals surface area (Å²) in [5.74, 6) is 1.05. The molecule has 1 saturated heterocycles. The van der Waals surface area contributed by atoms with Gasteiger partial charge in [-0.05, 0) is 83.4 Å². The number of hydrogen-bond donors (Lipinski definition) is 0. The highest BCUT2D eigenvalue weighted by molar-refractivity contribution is 8.18. The number of halogens is 1. The van der Waals surface area contributed by atoms with Crippen LogP contribution in [0.3, 0.4) is 0 Å². The Bertz CT molecular complexity index is 1550. The van der Waals surface area contributed by atoms with Crippen molar-refractivity contribution >= 4 is 51.4 Å². The summed E-state index contributed by atoms with van der Waals surface area (Å²) >= 11 is 6.94. The van der Waals surface area contributed by atoms with Gasteiger partial charge in [0.15, 0.2) is 0 Å². The SMILES string of the molecule is Cc1ccc(C)c(OCCN2C(=O)S/C(=C\c3c(OCc4ccc(Cl)cc4)ccc4ccccc34)C2=O)c1. The van der Waals surface area contributed by atoms with Crippen LogP contribution in [0.2, 0.25) is 5.02 Å². The van der Waals surface area contributed by atoms with Crippen molar-refractivity contribution in [3.05, 3.63) is 111 Å². The van der Waals surface area contributed by atoms with Crippen molar-refractivity contribution < 1.29 is 19.1 Å². The monoisotopic (exact) mass is 543 g/mol. The van der Waals surface area contributed by atoms with Crippen LogP contribution in [0.4, 0.5) is 4.79 Å². The zero-order valence-electron chi connectivity index (χ0n) is 21.1. The van der Waals surface area contributed by atoms with Gasteiger partial charge >= 0.3 is 0 Å². The molecule has 1 fully saturated rings. The molecule has 5 rings (SSSR count). The Labute approximate surface area is 231 Å². The van der Waals surface area contributed by atoms with E-state index in [-0.39, 0.29) is 24.3 Å². The first-order valence-electron chi connectivity index (χ1n) is 12.2. The number of imide groups is 1. The van der Waals surface area contributed by atoms with Crippen LogP contribution < -0.4 is 9.47 Å². The molecule has 5 nitrogen and oxygen atoms in total. The third-order valence-electron chi connectivity index (χ3n) is 6.30. The Morgan fingerprint density at radius 1 is 0.895 bits per heavy atom. The van der Waals surface area contributed by atoms with Crippen LogP contribution in [0, 0.1) is 13.8 Å². The number of rotatable bonds is 8. The van der Waals surface area contributed by atoms with Gasteiger partial charge in [0.2, 0.25) is 0 Å². The second-order valence-electron chi connectivity index (χ2n) is 9.06. The first-order valence-corrected chi connectivity index (χ1v) is 13.4. The van der Waals surface area contributed by atoms with Crippen LogP contribution in [-0.4, -0.2) is 29.2 Å². The number of amides is 2. The Morgan fingerprint density at radius 2 is 1.68 bits per heavy atom. The molecule has 0 radical (unpaired) electrons. The predicted octanol–water partition coefficient (Wildman–Crippen LogP) is 7.80. The number of aryl methyl sites for hydroxylation is 2. The molecule has 0 aliphatic carbocycles. The fraction of sp³-hybridized carbons (Fsp3) is 0.161. The zero-order chi connectivity index (χ0) is 26.6. The molecule has 1 aliphatic heterocycles. The molecular weight excluding hydrogens is 518 g/mol. The molecule has 0 N–H and O–H groups in total. The lowest BCUT2D eigenvalue weighted by Crippen LogP contribution is -2.32. The lowest BCUT2D eigenvalue weighted by atomic mass is 10.0. The zero-order valence-corrected chi connectivity index (χ0v) is 22.6. The summed E-state index contributed by atoms with van der Waals surface area (Å²) in [4.78, 5) is 27.6. The van der Waals surface area contributed by atoms with Crippen LogP contribution in [-0.2, 0) is 11.4 Å². The van der Waals surface area contributed by atoms with E-state index in [2.05, 4.69) is 0 Å². The van der Waals surface area contributed by atoms with E-state index in [0.29, 0.717) is 22.3 Å². The van der Waals surface area contributed by atoms with Gasteiger partial charge < -0.3 is 9.47 Å². The second-order valence-corrected chi connectivity index (χ2v) is 10.5. The fourth-order valence-electron chi connectivity index (χ4n) is 4.23. The number of benzene rings is 4. The van der Waals surface area contributed by atoms with Gasteiger partial charge in [-0.3, -0.25) is 14.5 Å². The van der Waals surface area contributed by atoms with Crippen LogP contribution in [0.1, 0.15) is 22.3 Å². The first kappa shape index (κ1) is 25.9. The maximum atomic E-state index is 13.2. The van der Waals surface area contributed by atoms with Crippen LogP contribution in [0.5, 0.6) is 11.5 Å². The minimum Gasteiger partial charge on any atom is -0.491 e. The maximum absolute atomic E-state index is 13.2. The summed E-state index contributed by atoms with van der Waals surface area (Å²) in [6.07, 6.45) is 1.76. The quantitative estimate of drug-likeness (QED) is 0.212. The minimum absolute atomic E-state index is 0.171. The minimum atomic E-state index is -0.332. The summed E-state index contributed by atoms with van der Waals surface area (Å²) in [5.41, 5.74) is 3.82.